The highest BCUT2D eigenvalue weighted by Crippen LogP contribution is 2.38. The minimum Gasteiger partial charge on any atom is -0.496 e. The van der Waals surface area contributed by atoms with Crippen molar-refractivity contribution in [2.75, 3.05) is 7.11 Å². The van der Waals surface area contributed by atoms with Gasteiger partial charge in [-0.2, -0.15) is 0 Å². The molecule has 2 nitrogen and oxygen atoms in total. The van der Waals surface area contributed by atoms with E-state index in [1.165, 1.54) is 6.07 Å². The van der Waals surface area contributed by atoms with E-state index in [2.05, 4.69) is 0 Å². The molecule has 2 aromatic carbocycles. The lowest BCUT2D eigenvalue weighted by atomic mass is 9.85. The van der Waals surface area contributed by atoms with E-state index in [0.29, 0.717) is 11.3 Å². The summed E-state index contributed by atoms with van der Waals surface area (Å²) in [5.41, 5.74) is 1.36. The topological polar surface area (TPSA) is 29.5 Å². The van der Waals surface area contributed by atoms with Crippen LogP contribution in [0, 0.1) is 19.7 Å². The van der Waals surface area contributed by atoms with Crippen LogP contribution in [0.25, 0.3) is 0 Å². The zero-order valence-electron chi connectivity index (χ0n) is 12.2. The maximum atomic E-state index is 14.0. The SMILES string of the molecule is COc1c(C(C)(O)c2ccccc2F)ccc(C)c1C. The third kappa shape index (κ3) is 2.29. The molecular formula is C17H19FO2. The molecule has 0 aromatic heterocycles. The maximum Gasteiger partial charge on any atom is 0.129 e. The molecule has 106 valence electrons. The van der Waals surface area contributed by atoms with Crippen LogP contribution < -0.4 is 4.74 Å². The van der Waals surface area contributed by atoms with Crippen LogP contribution in [0.3, 0.4) is 0 Å². The minimum absolute atomic E-state index is 0.238. The van der Waals surface area contributed by atoms with E-state index in [1.807, 2.05) is 19.9 Å². The van der Waals surface area contributed by atoms with E-state index >= 15 is 0 Å². The Morgan fingerprint density at radius 3 is 2.30 bits per heavy atom. The number of benzene rings is 2. The first kappa shape index (κ1) is 14.5. The Morgan fingerprint density at radius 1 is 1.05 bits per heavy atom. The first-order valence-electron chi connectivity index (χ1n) is 6.51. The number of hydrogen-bond acceptors (Lipinski definition) is 2. The molecule has 0 aliphatic carbocycles. The zero-order chi connectivity index (χ0) is 14.9. The lowest BCUT2D eigenvalue weighted by Crippen LogP contribution is -2.25. The molecule has 0 heterocycles. The summed E-state index contributed by atoms with van der Waals surface area (Å²) in [7, 11) is 1.56. The highest BCUT2D eigenvalue weighted by atomic mass is 19.1. The van der Waals surface area contributed by atoms with Gasteiger partial charge < -0.3 is 9.84 Å². The summed E-state index contributed by atoms with van der Waals surface area (Å²) < 4.78 is 19.4. The van der Waals surface area contributed by atoms with Gasteiger partial charge >= 0.3 is 0 Å². The highest BCUT2D eigenvalue weighted by molar-refractivity contribution is 5.51. The van der Waals surface area contributed by atoms with Crippen molar-refractivity contribution >= 4 is 0 Å². The first-order valence-corrected chi connectivity index (χ1v) is 6.51. The Kier molecular flexibility index (Phi) is 3.82. The average molecular weight is 274 g/mol. The van der Waals surface area contributed by atoms with Crippen molar-refractivity contribution in [3.05, 3.63) is 64.5 Å². The van der Waals surface area contributed by atoms with Gasteiger partial charge in [-0.05, 0) is 38.0 Å². The smallest absolute Gasteiger partial charge is 0.129 e. The molecule has 0 spiro atoms. The molecule has 0 bridgehead atoms. The van der Waals surface area contributed by atoms with Crippen LogP contribution in [0.4, 0.5) is 4.39 Å². The third-order valence-electron chi connectivity index (χ3n) is 3.80. The van der Waals surface area contributed by atoms with Gasteiger partial charge in [0.1, 0.15) is 17.2 Å². The first-order chi connectivity index (χ1) is 9.39. The van der Waals surface area contributed by atoms with Gasteiger partial charge in [-0.25, -0.2) is 4.39 Å². The summed E-state index contributed by atoms with van der Waals surface area (Å²) in [5.74, 6) is 0.163. The summed E-state index contributed by atoms with van der Waals surface area (Å²) in [6.07, 6.45) is 0. The fourth-order valence-corrected chi connectivity index (χ4v) is 2.44. The van der Waals surface area contributed by atoms with Gasteiger partial charge in [-0.3, -0.25) is 0 Å². The maximum absolute atomic E-state index is 14.0. The fourth-order valence-electron chi connectivity index (χ4n) is 2.44. The van der Waals surface area contributed by atoms with E-state index in [-0.39, 0.29) is 5.56 Å². The minimum atomic E-state index is -1.45. The number of aliphatic hydroxyl groups is 1. The number of aryl methyl sites for hydroxylation is 1. The van der Waals surface area contributed by atoms with Gasteiger partial charge in [0.2, 0.25) is 0 Å². The van der Waals surface area contributed by atoms with Crippen molar-refractivity contribution in [2.24, 2.45) is 0 Å². The average Bonchev–Trinajstić information content (AvgIpc) is 2.41. The Bertz CT molecular complexity index is 633. The van der Waals surface area contributed by atoms with E-state index in [0.717, 1.165) is 11.1 Å². The van der Waals surface area contributed by atoms with Gasteiger partial charge in [-0.15, -0.1) is 0 Å². The molecule has 0 fully saturated rings. The molecule has 0 saturated heterocycles. The Morgan fingerprint density at radius 2 is 1.70 bits per heavy atom. The predicted octanol–water partition coefficient (Wildman–Crippen LogP) is 3.71. The summed E-state index contributed by atoms with van der Waals surface area (Å²) in [6.45, 7) is 5.48. The second-order valence-electron chi connectivity index (χ2n) is 5.14. The monoisotopic (exact) mass is 274 g/mol. The van der Waals surface area contributed by atoms with E-state index in [4.69, 9.17) is 4.74 Å². The molecule has 2 rings (SSSR count). The number of hydrogen-bond donors (Lipinski definition) is 1. The van der Waals surface area contributed by atoms with Crippen LogP contribution in [-0.2, 0) is 5.60 Å². The molecule has 0 aliphatic rings. The molecule has 2 aromatic rings. The van der Waals surface area contributed by atoms with Crippen molar-refractivity contribution in [3.63, 3.8) is 0 Å². The predicted molar refractivity (Wildman–Crippen MR) is 77.5 cm³/mol. The number of rotatable bonds is 3. The molecule has 20 heavy (non-hydrogen) atoms. The number of ether oxygens (including phenoxy) is 1. The lowest BCUT2D eigenvalue weighted by molar-refractivity contribution is 0.0946. The second-order valence-corrected chi connectivity index (χ2v) is 5.14. The van der Waals surface area contributed by atoms with Crippen LogP contribution in [0.2, 0.25) is 0 Å². The normalized spacial score (nSPS) is 13.9. The van der Waals surface area contributed by atoms with Crippen molar-refractivity contribution < 1.29 is 14.2 Å². The molecule has 1 N–H and O–H groups in total. The second kappa shape index (κ2) is 5.25. The Balaban J connectivity index is 2.67. The summed E-state index contributed by atoms with van der Waals surface area (Å²) in [5, 5.41) is 10.8. The highest BCUT2D eigenvalue weighted by Gasteiger charge is 2.32. The number of halogens is 1. The van der Waals surface area contributed by atoms with Gasteiger partial charge in [0.05, 0.1) is 7.11 Å². The Labute approximate surface area is 118 Å². The molecule has 0 radical (unpaired) electrons. The molecule has 0 saturated carbocycles. The van der Waals surface area contributed by atoms with Crippen molar-refractivity contribution in [2.45, 2.75) is 26.4 Å². The van der Waals surface area contributed by atoms with Gasteiger partial charge in [0.15, 0.2) is 0 Å². The van der Waals surface area contributed by atoms with Crippen LogP contribution in [0.1, 0.15) is 29.2 Å². The molecule has 1 unspecified atom stereocenters. The van der Waals surface area contributed by atoms with Gasteiger partial charge in [-0.1, -0.05) is 30.3 Å². The van der Waals surface area contributed by atoms with Crippen LogP contribution in [0.5, 0.6) is 5.75 Å². The van der Waals surface area contributed by atoms with Crippen molar-refractivity contribution in [3.8, 4) is 5.75 Å². The quantitative estimate of drug-likeness (QED) is 0.924. The molecule has 0 aliphatic heterocycles. The van der Waals surface area contributed by atoms with Crippen molar-refractivity contribution in [1.29, 1.82) is 0 Å². The van der Waals surface area contributed by atoms with E-state index in [1.54, 1.807) is 38.3 Å². The van der Waals surface area contributed by atoms with E-state index in [9.17, 15) is 9.50 Å². The fraction of sp³-hybridized carbons (Fsp3) is 0.294. The lowest BCUT2D eigenvalue weighted by Gasteiger charge is -2.28. The van der Waals surface area contributed by atoms with Gasteiger partial charge in [0.25, 0.3) is 0 Å². The molecule has 3 heteroatoms. The van der Waals surface area contributed by atoms with Crippen LogP contribution in [0.15, 0.2) is 36.4 Å². The zero-order valence-corrected chi connectivity index (χ0v) is 12.2. The summed E-state index contributed by atoms with van der Waals surface area (Å²) >= 11 is 0. The molecule has 0 amide bonds. The van der Waals surface area contributed by atoms with Crippen LogP contribution >= 0.6 is 0 Å². The van der Waals surface area contributed by atoms with E-state index < -0.39 is 11.4 Å². The number of methoxy groups -OCH3 is 1. The standard InChI is InChI=1S/C17H19FO2/c1-11-9-10-14(16(20-4)12(11)2)17(3,19)13-7-5-6-8-15(13)18/h5-10,19H,1-4H3. The summed E-state index contributed by atoms with van der Waals surface area (Å²) in [4.78, 5) is 0. The summed E-state index contributed by atoms with van der Waals surface area (Å²) in [6, 6.07) is 9.93. The van der Waals surface area contributed by atoms with Crippen LogP contribution in [-0.4, -0.2) is 12.2 Å². The molecular weight excluding hydrogens is 255 g/mol. The van der Waals surface area contributed by atoms with Crippen molar-refractivity contribution in [1.82, 2.24) is 0 Å². The third-order valence-corrected chi connectivity index (χ3v) is 3.80. The largest absolute Gasteiger partial charge is 0.496 e. The van der Waals surface area contributed by atoms with Gasteiger partial charge in [0, 0.05) is 11.1 Å². The Hall–Kier alpha value is -1.87. The molecule has 1 atom stereocenters.